The van der Waals surface area contributed by atoms with E-state index in [2.05, 4.69) is 21.0 Å². The Morgan fingerprint density at radius 3 is 2.48 bits per heavy atom. The van der Waals surface area contributed by atoms with Gasteiger partial charge in [0.05, 0.1) is 29.4 Å². The van der Waals surface area contributed by atoms with Crippen molar-refractivity contribution in [3.8, 4) is 23.5 Å². The number of ether oxygens (including phenoxy) is 1. The first-order valence-corrected chi connectivity index (χ1v) is 10.8. The summed E-state index contributed by atoms with van der Waals surface area (Å²) in [5, 5.41) is 10.2. The number of allylic oxidation sites excluding steroid dienone is 4. The number of aromatic nitrogens is 4. The van der Waals surface area contributed by atoms with Crippen LogP contribution < -0.4 is 9.46 Å². The average molecular weight is 476 g/mol. The summed E-state index contributed by atoms with van der Waals surface area (Å²) in [5.74, 6) is 0. The molecule has 0 aromatic carbocycles. The first-order chi connectivity index (χ1) is 15.6. The normalized spacial score (nSPS) is 14.5. The van der Waals surface area contributed by atoms with E-state index in [0.29, 0.717) is 29.3 Å². The molecule has 3 aromatic heterocycles. The van der Waals surface area contributed by atoms with Crippen molar-refractivity contribution < 1.29 is 26.3 Å². The fourth-order valence-corrected chi connectivity index (χ4v) is 4.31. The number of nitrogens with one attached hydrogen (secondary N) is 1. The van der Waals surface area contributed by atoms with Gasteiger partial charge in [0.2, 0.25) is 10.0 Å². The van der Waals surface area contributed by atoms with Crippen molar-refractivity contribution in [2.45, 2.75) is 24.0 Å². The lowest BCUT2D eigenvalue weighted by molar-refractivity contribution is -0.147. The predicted molar refractivity (Wildman–Crippen MR) is 111 cm³/mol. The molecular weight excluding hydrogens is 461 g/mol. The zero-order valence-corrected chi connectivity index (χ0v) is 17.9. The van der Waals surface area contributed by atoms with Gasteiger partial charge < -0.3 is 4.74 Å². The number of halogens is 3. The summed E-state index contributed by atoms with van der Waals surface area (Å²) in [6.45, 7) is 0.701. The van der Waals surface area contributed by atoms with E-state index in [9.17, 15) is 26.9 Å². The Morgan fingerprint density at radius 2 is 1.97 bits per heavy atom. The number of pyridine rings is 1. The molecule has 0 radical (unpaired) electrons. The Balaban J connectivity index is 1.82. The van der Waals surface area contributed by atoms with Gasteiger partial charge in [0.1, 0.15) is 17.0 Å². The van der Waals surface area contributed by atoms with Gasteiger partial charge in [-0.15, -0.1) is 0 Å². The number of nitrogens with zero attached hydrogens (tertiary/aromatic N) is 5. The third-order valence-corrected chi connectivity index (χ3v) is 6.41. The van der Waals surface area contributed by atoms with Crippen molar-refractivity contribution in [1.29, 1.82) is 5.26 Å². The van der Waals surface area contributed by atoms with Crippen LogP contribution in [0, 0.1) is 11.3 Å². The van der Waals surface area contributed by atoms with Crippen LogP contribution in [-0.4, -0.2) is 47.3 Å². The lowest BCUT2D eigenvalue weighted by atomic mass is 10.1. The molecule has 0 spiro atoms. The van der Waals surface area contributed by atoms with E-state index in [1.165, 1.54) is 19.4 Å². The van der Waals surface area contributed by atoms with Crippen LogP contribution in [0.15, 0.2) is 47.6 Å². The quantitative estimate of drug-likeness (QED) is 0.580. The Morgan fingerprint density at radius 1 is 1.24 bits per heavy atom. The second-order valence-corrected chi connectivity index (χ2v) is 8.69. The van der Waals surface area contributed by atoms with Crippen molar-refractivity contribution in [2.24, 2.45) is 0 Å². The molecule has 0 saturated carbocycles. The molecular formula is C20H15F3N6O3S. The Labute approximate surface area is 185 Å². The Hall–Kier alpha value is -3.76. The highest BCUT2D eigenvalue weighted by atomic mass is 32.2. The number of nitriles is 1. The molecule has 0 saturated heterocycles. The molecule has 1 N–H and O–H groups in total. The smallest absolute Gasteiger partial charge is 0.404 e. The van der Waals surface area contributed by atoms with Crippen LogP contribution in [0.25, 0.3) is 28.1 Å². The number of hydrogen-bond acceptors (Lipinski definition) is 7. The second kappa shape index (κ2) is 7.98. The lowest BCUT2D eigenvalue weighted by Crippen LogP contribution is -2.42. The highest BCUT2D eigenvalue weighted by molar-refractivity contribution is 7.89. The van der Waals surface area contributed by atoms with Crippen molar-refractivity contribution in [3.63, 3.8) is 0 Å². The molecule has 13 heteroatoms. The SMILES string of the molecule is COc1ncc2c(C#N)c(-c3ccc(S(=O)(=O)N[C@H](C)C(F)(F)F)cn3)n(C3=CC=C3)c2n1. The van der Waals surface area contributed by atoms with Gasteiger partial charge in [-0.3, -0.25) is 9.55 Å². The van der Waals surface area contributed by atoms with Crippen molar-refractivity contribution >= 4 is 26.8 Å². The van der Waals surface area contributed by atoms with Gasteiger partial charge in [0.25, 0.3) is 0 Å². The van der Waals surface area contributed by atoms with Crippen molar-refractivity contribution in [2.75, 3.05) is 7.11 Å². The number of rotatable bonds is 6. The summed E-state index contributed by atoms with van der Waals surface area (Å²) in [4.78, 5) is 12.0. The molecule has 0 unspecified atom stereocenters. The summed E-state index contributed by atoms with van der Waals surface area (Å²) >= 11 is 0. The maximum atomic E-state index is 12.8. The van der Waals surface area contributed by atoms with Gasteiger partial charge in [-0.2, -0.15) is 28.1 Å². The van der Waals surface area contributed by atoms with Gasteiger partial charge in [-0.25, -0.2) is 13.4 Å². The second-order valence-electron chi connectivity index (χ2n) is 6.98. The van der Waals surface area contributed by atoms with E-state index in [1.807, 2.05) is 0 Å². The van der Waals surface area contributed by atoms with Crippen LogP contribution in [-0.2, 0) is 10.0 Å². The molecule has 0 bridgehead atoms. The molecule has 0 amide bonds. The Bertz CT molecular complexity index is 1450. The van der Waals surface area contributed by atoms with E-state index >= 15 is 0 Å². The van der Waals surface area contributed by atoms with Crippen LogP contribution in [0.1, 0.15) is 12.5 Å². The summed E-state index contributed by atoms with van der Waals surface area (Å²) in [6, 6.07) is 2.33. The number of fused-ring (bicyclic) bond motifs is 1. The first-order valence-electron chi connectivity index (χ1n) is 9.36. The molecule has 0 aliphatic heterocycles. The van der Waals surface area contributed by atoms with Crippen LogP contribution in [0.5, 0.6) is 6.01 Å². The van der Waals surface area contributed by atoms with Crippen LogP contribution in [0.3, 0.4) is 0 Å². The maximum absolute atomic E-state index is 12.8. The van der Waals surface area contributed by atoms with E-state index in [4.69, 9.17) is 4.74 Å². The molecule has 33 heavy (non-hydrogen) atoms. The highest BCUT2D eigenvalue weighted by Crippen LogP contribution is 2.36. The van der Waals surface area contributed by atoms with Crippen LogP contribution in [0.2, 0.25) is 0 Å². The van der Waals surface area contributed by atoms with Crippen molar-refractivity contribution in [1.82, 2.24) is 24.2 Å². The molecule has 1 aliphatic carbocycles. The van der Waals surface area contributed by atoms with Gasteiger partial charge in [-0.1, -0.05) is 6.08 Å². The zero-order valence-electron chi connectivity index (χ0n) is 17.1. The first kappa shape index (κ1) is 22.4. The number of methoxy groups -OCH3 is 1. The minimum absolute atomic E-state index is 0.0838. The predicted octanol–water partition coefficient (Wildman–Crippen LogP) is 3.01. The van der Waals surface area contributed by atoms with E-state index in [0.717, 1.165) is 12.3 Å². The van der Waals surface area contributed by atoms with Crippen LogP contribution >= 0.6 is 0 Å². The van der Waals surface area contributed by atoms with Gasteiger partial charge in [0.15, 0.2) is 5.65 Å². The molecule has 3 heterocycles. The van der Waals surface area contributed by atoms with Crippen LogP contribution in [0.4, 0.5) is 13.2 Å². The monoisotopic (exact) mass is 476 g/mol. The van der Waals surface area contributed by atoms with E-state index < -0.39 is 27.1 Å². The standard InChI is InChI=1S/C20H15F3N6O3S/c1-11(20(21,22)23)28-33(30,31)13-6-7-16(25-9-13)17-14(8-24)15-10-26-19(32-2)27-18(15)29(17)12-4-3-5-12/h3-7,9-11,28H,1-2H3/t11-/m1/s1. The number of alkyl halides is 3. The molecule has 9 nitrogen and oxygen atoms in total. The lowest BCUT2D eigenvalue weighted by Gasteiger charge is -2.17. The average Bonchev–Trinajstić information content (AvgIpc) is 3.04. The van der Waals surface area contributed by atoms with Gasteiger partial charge >= 0.3 is 12.2 Å². The topological polar surface area (TPSA) is 123 Å². The minimum Gasteiger partial charge on any atom is -0.467 e. The van der Waals surface area contributed by atoms with E-state index in [1.54, 1.807) is 27.5 Å². The fourth-order valence-electron chi connectivity index (χ4n) is 3.13. The third kappa shape index (κ3) is 3.94. The largest absolute Gasteiger partial charge is 0.467 e. The van der Waals surface area contributed by atoms with Gasteiger partial charge in [-0.05, 0) is 31.2 Å². The Kier molecular flexibility index (Phi) is 5.43. The third-order valence-electron chi connectivity index (χ3n) is 4.89. The van der Waals surface area contributed by atoms with Crippen molar-refractivity contribution in [3.05, 3.63) is 48.3 Å². The fraction of sp³-hybridized carbons (Fsp3) is 0.200. The summed E-state index contributed by atoms with van der Waals surface area (Å²) in [5.41, 5.74) is 1.80. The number of sulfonamides is 1. The number of hydrogen-bond donors (Lipinski definition) is 1. The summed E-state index contributed by atoms with van der Waals surface area (Å²) < 4.78 is 71.3. The summed E-state index contributed by atoms with van der Waals surface area (Å²) in [7, 11) is -3.08. The molecule has 0 fully saturated rings. The summed E-state index contributed by atoms with van der Waals surface area (Å²) in [6.07, 6.45) is 2.96. The molecule has 1 aliphatic rings. The zero-order chi connectivity index (χ0) is 24.0. The molecule has 170 valence electrons. The minimum atomic E-state index is -4.74. The highest BCUT2D eigenvalue weighted by Gasteiger charge is 2.39. The molecule has 4 rings (SSSR count). The molecule has 1 atom stereocenters. The maximum Gasteiger partial charge on any atom is 0.404 e. The molecule has 3 aromatic rings. The van der Waals surface area contributed by atoms with Gasteiger partial charge in [0, 0.05) is 18.1 Å². The van der Waals surface area contributed by atoms with E-state index in [-0.39, 0.29) is 17.3 Å².